The number of carbonyl (C=O) groups is 6. The molecule has 11 rings (SSSR count). The number of rotatable bonds is 28. The van der Waals surface area contributed by atoms with Crippen molar-refractivity contribution in [3.8, 4) is 11.3 Å². The van der Waals surface area contributed by atoms with Crippen LogP contribution in [0.15, 0.2) is 100 Å². The van der Waals surface area contributed by atoms with E-state index < -0.39 is 90.0 Å². The number of oxime groups is 1. The van der Waals surface area contributed by atoms with Crippen molar-refractivity contribution < 1.29 is 86.9 Å². The summed E-state index contributed by atoms with van der Waals surface area (Å²) < 4.78 is 43.3. The summed E-state index contributed by atoms with van der Waals surface area (Å²) in [6.45, 7) is 15.9. The van der Waals surface area contributed by atoms with E-state index in [2.05, 4.69) is 45.4 Å². The number of oxazole rings is 1. The van der Waals surface area contributed by atoms with Gasteiger partial charge < -0.3 is 95.3 Å². The number of amides is 2. The van der Waals surface area contributed by atoms with Gasteiger partial charge in [0.05, 0.1) is 60.4 Å². The van der Waals surface area contributed by atoms with Crippen LogP contribution in [0.25, 0.3) is 33.4 Å². The standard InChI is InChI=1S/C90H127N17O18/c1-53-19-13-11-14-20-54(2)72(118-8)46-65-28-23-59(7)90(117,125-65)80(113)85(115)106-33-18-16-22-68(106)86(116)123-73(56(4)43-60-25-29-69(110)74(44-60)119-9)47-70(111)55(3)42-58(6)78(112)79(120-10)76(57(5)41-53)103-122-51-64(109)27-24-61-48-95-88(96-49-61)104-35-37-105(38-36-104)89-97-50-66(81(91)101-89)84(114)94-32-40-121-39-31-63(108)21-15-12-17-34-107-83-75(82(92)98-52-99-83)77(102-107)62-26-30-71-67(45-62)100-87(93)124-71/h11,13-14,19-20,26,30,42,45,48-50,52-53,55-57,59-60,65,68-70,72-74,78-79,110-112,117H,12,15-18,21-25,27-29,31-41,43-44,46-47,51H2,1-10H3,(H2,93,100)(H,94,114)(H2,91,97,101)(H2,92,98,99)/b14-11+,19-13+,54-20+,58-42+,103-76?/t53-,55-,56-,57-,59-,60+,65+,68+,69-,70-,72+,73+,74-,78-,79+,90-/m1/s1. The fourth-order valence-corrected chi connectivity index (χ4v) is 17.4. The van der Waals surface area contributed by atoms with Crippen molar-refractivity contribution in [3.05, 3.63) is 102 Å². The Morgan fingerprint density at radius 3 is 2.26 bits per heavy atom. The first kappa shape index (κ1) is 95.5. The Bertz CT molecular complexity index is 4800. The minimum absolute atomic E-state index is 0.0215. The van der Waals surface area contributed by atoms with Gasteiger partial charge in [-0.25, -0.2) is 34.4 Å². The summed E-state index contributed by atoms with van der Waals surface area (Å²) in [6.07, 6.45) is 19.6. The summed E-state index contributed by atoms with van der Waals surface area (Å²) >= 11 is 0. The van der Waals surface area contributed by atoms with Gasteiger partial charge in [0.15, 0.2) is 23.6 Å². The summed E-state index contributed by atoms with van der Waals surface area (Å²) in [5.41, 5.74) is 24.0. The molecule has 9 heterocycles. The summed E-state index contributed by atoms with van der Waals surface area (Å²) in [5, 5.41) is 60.3. The molecule has 125 heavy (non-hydrogen) atoms. The Labute approximate surface area is 729 Å². The van der Waals surface area contributed by atoms with Gasteiger partial charge in [0.25, 0.3) is 23.6 Å². The number of carbonyl (C=O) groups excluding carboxylic acids is 6. The average molecular weight is 1740 g/mol. The van der Waals surface area contributed by atoms with E-state index in [1.165, 1.54) is 24.5 Å². The van der Waals surface area contributed by atoms with Gasteiger partial charge in [-0.05, 0) is 150 Å². The van der Waals surface area contributed by atoms with Crippen LogP contribution in [0.3, 0.4) is 0 Å². The number of hydrogen-bond donors (Lipinski definition) is 8. The number of aryl methyl sites for hydroxylation is 2. The first-order valence-corrected chi connectivity index (χ1v) is 44.0. The second-order valence-corrected chi connectivity index (χ2v) is 34.3. The molecule has 4 fully saturated rings. The van der Waals surface area contributed by atoms with Crippen LogP contribution in [0.4, 0.5) is 29.5 Å². The van der Waals surface area contributed by atoms with Crippen LogP contribution in [-0.2, 0) is 70.2 Å². The summed E-state index contributed by atoms with van der Waals surface area (Å²) in [7, 11) is 4.60. The van der Waals surface area contributed by atoms with Gasteiger partial charge >= 0.3 is 5.97 Å². The molecule has 6 aromatic rings. The predicted molar refractivity (Wildman–Crippen MR) is 469 cm³/mol. The molecule has 5 aliphatic rings. The van der Waals surface area contributed by atoms with Gasteiger partial charge in [-0.3, -0.25) is 24.0 Å². The Morgan fingerprint density at radius 2 is 1.51 bits per heavy atom. The molecule has 1 aromatic carbocycles. The van der Waals surface area contributed by atoms with E-state index in [0.29, 0.717) is 167 Å². The number of esters is 1. The molecule has 35 heteroatoms. The number of benzene rings is 1. The first-order valence-electron chi connectivity index (χ1n) is 44.0. The molecule has 2 bridgehead atoms. The number of piperidine rings is 1. The highest BCUT2D eigenvalue weighted by Crippen LogP contribution is 2.40. The Kier molecular flexibility index (Phi) is 34.7. The molecule has 1 aliphatic carbocycles. The van der Waals surface area contributed by atoms with Crippen molar-refractivity contribution in [3.63, 3.8) is 0 Å². The summed E-state index contributed by atoms with van der Waals surface area (Å²) in [4.78, 5) is 126. The number of aliphatic hydroxyl groups is 4. The maximum atomic E-state index is 14.8. The lowest BCUT2D eigenvalue weighted by molar-refractivity contribution is -0.265. The largest absolute Gasteiger partial charge is 0.460 e. The topological polar surface area (TPSA) is 481 Å². The SMILES string of the molecule is CO[C@H]1C[C@@H]2CC[C@@H](C)[C@@](O)(O2)C(=O)C(=O)N2CCCC[C@H]2C(=O)O[C@H]([C@H](C)C[C@@H]2CC[C@@H](O)[C@H](OC)C2)C[C@@H](O)[C@H](C)/C=C(\C)[C@@H](O)[C@@H](OC)C(=NOCC(=O)CCc2cnc(N3CCN(c4ncc(C(=O)NCCOCCC(=O)CCCCCn5nc(-c6ccc7oc(N)nc7c6)c6c(N)ncnc65)c(N)n4)CC3)nc2)[C@H](C)C[C@H](C)/C=C/C=C/C=C/1C. The molecule has 16 atom stereocenters. The number of aliphatic hydroxyl groups excluding tert-OH is 3. The highest BCUT2D eigenvalue weighted by molar-refractivity contribution is 6.39. The highest BCUT2D eigenvalue weighted by atomic mass is 16.6. The highest BCUT2D eigenvalue weighted by Gasteiger charge is 2.53. The third-order valence-corrected chi connectivity index (χ3v) is 25.0. The third kappa shape index (κ3) is 25.2. The molecule has 1 saturated carbocycles. The number of methoxy groups -OCH3 is 3. The van der Waals surface area contributed by atoms with Crippen molar-refractivity contribution in [2.45, 2.75) is 238 Å². The lowest BCUT2D eigenvalue weighted by atomic mass is 9.78. The van der Waals surface area contributed by atoms with Crippen LogP contribution in [0, 0.1) is 35.5 Å². The third-order valence-electron chi connectivity index (χ3n) is 25.0. The molecule has 0 unspecified atom stereocenters. The van der Waals surface area contributed by atoms with Gasteiger partial charge in [-0.1, -0.05) is 82.7 Å². The Balaban J connectivity index is 0.653. The van der Waals surface area contributed by atoms with Crippen LogP contribution in [0.5, 0.6) is 0 Å². The fraction of sp³-hybridized carbons (Fsp3) is 0.611. The number of nitrogens with one attached hydrogen (secondary N) is 1. The Morgan fingerprint density at radius 1 is 0.752 bits per heavy atom. The number of allylic oxidation sites excluding steroid dienone is 5. The summed E-state index contributed by atoms with van der Waals surface area (Å²) in [5.74, 6) is -6.87. The molecule has 0 spiro atoms. The molecule has 2 amide bonds. The monoisotopic (exact) mass is 1730 g/mol. The number of aromatic nitrogens is 9. The second kappa shape index (κ2) is 45.4. The van der Waals surface area contributed by atoms with Crippen molar-refractivity contribution in [2.75, 3.05) is 107 Å². The lowest BCUT2D eigenvalue weighted by Gasteiger charge is -2.43. The van der Waals surface area contributed by atoms with Crippen LogP contribution in [0.1, 0.15) is 180 Å². The normalized spacial score (nSPS) is 28.3. The second-order valence-electron chi connectivity index (χ2n) is 34.3. The number of ketones is 3. The zero-order valence-electron chi connectivity index (χ0n) is 73.7. The molecule has 680 valence electrons. The van der Waals surface area contributed by atoms with E-state index in [1.807, 2.05) is 80.0 Å². The molecule has 11 N–H and O–H groups in total. The molecular formula is C90H127N17O18. The van der Waals surface area contributed by atoms with Crippen LogP contribution >= 0.6 is 0 Å². The van der Waals surface area contributed by atoms with Gasteiger partial charge in [0, 0.05) is 141 Å². The van der Waals surface area contributed by atoms with E-state index in [9.17, 15) is 49.2 Å². The maximum Gasteiger partial charge on any atom is 0.329 e. The number of unbranched alkanes of at least 4 members (excludes halogenated alkanes) is 2. The average Bonchev–Trinajstić information content (AvgIpc) is 1.73. The predicted octanol–water partition coefficient (Wildman–Crippen LogP) is 8.55. The number of anilines is 5. The van der Waals surface area contributed by atoms with Crippen molar-refractivity contribution in [2.24, 2.45) is 40.7 Å². The van der Waals surface area contributed by atoms with E-state index in [-0.39, 0.29) is 124 Å². The zero-order valence-corrected chi connectivity index (χ0v) is 73.7. The molecule has 4 aliphatic heterocycles. The zero-order chi connectivity index (χ0) is 89.6. The number of nitrogens with two attached hydrogens (primary N) is 3. The smallest absolute Gasteiger partial charge is 0.329 e. The van der Waals surface area contributed by atoms with Crippen LogP contribution < -0.4 is 32.3 Å². The lowest BCUT2D eigenvalue weighted by Crippen LogP contribution is -2.61. The maximum absolute atomic E-state index is 14.8. The number of nitrogen functional groups attached to an aromatic ring is 3. The molecule has 3 saturated heterocycles. The minimum atomic E-state index is -2.47. The number of hydrogen-bond acceptors (Lipinski definition) is 32. The van der Waals surface area contributed by atoms with Gasteiger partial charge in [-0.15, -0.1) is 0 Å². The summed E-state index contributed by atoms with van der Waals surface area (Å²) in [6, 6.07) is 4.37. The van der Waals surface area contributed by atoms with Crippen molar-refractivity contribution in [1.82, 2.24) is 54.9 Å². The molecule has 0 radical (unpaired) electrons. The van der Waals surface area contributed by atoms with E-state index >= 15 is 0 Å². The van der Waals surface area contributed by atoms with Gasteiger partial charge in [0.2, 0.25) is 17.7 Å². The first-order chi connectivity index (χ1) is 60.0. The number of cyclic esters (lactones) is 1. The quantitative estimate of drug-likeness (QED) is 0.00749. The molecule has 35 nitrogen and oxygen atoms in total. The van der Waals surface area contributed by atoms with Crippen molar-refractivity contribution >= 4 is 92.5 Å². The number of Topliss-reactive ketones (excluding diaryl/α,β-unsaturated/α-hetero) is 3. The number of nitrogens with zero attached hydrogens (tertiary/aromatic N) is 13. The van der Waals surface area contributed by atoms with Crippen LogP contribution in [-0.4, -0.2) is 252 Å². The number of piperazine rings is 1. The van der Waals surface area contributed by atoms with E-state index in [4.69, 9.17) is 60.0 Å². The van der Waals surface area contributed by atoms with E-state index in [0.717, 1.165) is 29.5 Å². The number of fused-ring (bicyclic) bond motifs is 5. The molecular weight excluding hydrogens is 1610 g/mol. The van der Waals surface area contributed by atoms with Crippen LogP contribution in [0.2, 0.25) is 0 Å². The van der Waals surface area contributed by atoms with Gasteiger partial charge in [-0.2, -0.15) is 15.1 Å². The van der Waals surface area contributed by atoms with Crippen molar-refractivity contribution in [1.29, 1.82) is 0 Å². The van der Waals surface area contributed by atoms with E-state index in [1.54, 1.807) is 64.2 Å². The fourth-order valence-electron chi connectivity index (χ4n) is 17.4. The Hall–Kier alpha value is -10.1. The van der Waals surface area contributed by atoms with Gasteiger partial charge in [0.1, 0.15) is 59.3 Å². The molecule has 5 aromatic heterocycles. The minimum Gasteiger partial charge on any atom is -0.460 e. The number of ether oxygens (including phenoxy) is 6.